The lowest BCUT2D eigenvalue weighted by Gasteiger charge is -2.16. The predicted octanol–water partition coefficient (Wildman–Crippen LogP) is 5.37. The van der Waals surface area contributed by atoms with E-state index in [4.69, 9.17) is 62.7 Å². The highest BCUT2D eigenvalue weighted by Crippen LogP contribution is 2.47. The third kappa shape index (κ3) is 3.79. The second-order valence-electron chi connectivity index (χ2n) is 4.06. The molecule has 1 heterocycles. The van der Waals surface area contributed by atoms with Crippen molar-refractivity contribution in [3.05, 3.63) is 33.8 Å². The average Bonchev–Trinajstić information content (AvgIpc) is 2.92. The number of rotatable bonds is 3. The molecule has 17 heavy (non-hydrogen) atoms. The second-order valence-corrected chi connectivity index (χ2v) is 7.45. The summed E-state index contributed by atoms with van der Waals surface area (Å²) in [5, 5.41) is 1.16. The first kappa shape index (κ1) is 14.0. The lowest BCUT2D eigenvalue weighted by atomic mass is 9.95. The van der Waals surface area contributed by atoms with E-state index in [0.717, 1.165) is 5.56 Å². The van der Waals surface area contributed by atoms with Crippen molar-refractivity contribution in [2.45, 2.75) is 22.2 Å². The summed E-state index contributed by atoms with van der Waals surface area (Å²) in [5.41, 5.74) is 0.544. The molecule has 0 aromatic heterocycles. The van der Waals surface area contributed by atoms with E-state index in [-0.39, 0.29) is 0 Å². The molecule has 0 radical (unpaired) electrons. The maximum absolute atomic E-state index is 5.96. The third-order valence-corrected chi connectivity index (χ3v) is 3.70. The van der Waals surface area contributed by atoms with E-state index in [0.29, 0.717) is 29.5 Å². The van der Waals surface area contributed by atoms with Crippen molar-refractivity contribution >= 4 is 58.0 Å². The molecule has 2 rings (SSSR count). The molecule has 1 aliphatic heterocycles. The minimum Gasteiger partial charge on any atom is -0.364 e. The Labute approximate surface area is 125 Å². The third-order valence-electron chi connectivity index (χ3n) is 2.69. The Hall–Kier alpha value is 0.630. The van der Waals surface area contributed by atoms with Crippen LogP contribution in [0.1, 0.15) is 18.4 Å². The number of alkyl halides is 3. The molecule has 0 bridgehead atoms. The molecular weight excluding hydrogens is 325 g/mol. The van der Waals surface area contributed by atoms with Gasteiger partial charge in [-0.15, -0.1) is 0 Å². The molecule has 1 aromatic carbocycles. The fourth-order valence-electron chi connectivity index (χ4n) is 1.70. The SMILES string of the molecule is Clc1cc(Cl)cc(C2(CCC(Cl)(Cl)Cl)CO2)c1. The van der Waals surface area contributed by atoms with Crippen molar-refractivity contribution in [3.63, 3.8) is 0 Å². The zero-order valence-corrected chi connectivity index (χ0v) is 12.4. The molecule has 1 aliphatic rings. The van der Waals surface area contributed by atoms with Gasteiger partial charge in [0.2, 0.25) is 0 Å². The maximum Gasteiger partial charge on any atom is 0.190 e. The number of epoxide rings is 1. The van der Waals surface area contributed by atoms with Crippen molar-refractivity contribution in [1.29, 1.82) is 0 Å². The first-order valence-electron chi connectivity index (χ1n) is 4.98. The van der Waals surface area contributed by atoms with E-state index in [1.807, 2.05) is 12.1 Å². The van der Waals surface area contributed by atoms with Gasteiger partial charge in [0, 0.05) is 10.0 Å². The Balaban J connectivity index is 2.15. The van der Waals surface area contributed by atoms with Gasteiger partial charge in [0.1, 0.15) is 5.60 Å². The molecule has 94 valence electrons. The van der Waals surface area contributed by atoms with Gasteiger partial charge in [-0.05, 0) is 36.6 Å². The van der Waals surface area contributed by atoms with E-state index >= 15 is 0 Å². The fraction of sp³-hybridized carbons (Fsp3) is 0.455. The van der Waals surface area contributed by atoms with Gasteiger partial charge in [-0.25, -0.2) is 0 Å². The van der Waals surface area contributed by atoms with E-state index in [1.54, 1.807) is 6.07 Å². The predicted molar refractivity (Wildman–Crippen MR) is 73.6 cm³/mol. The van der Waals surface area contributed by atoms with Gasteiger partial charge >= 0.3 is 0 Å². The Morgan fingerprint density at radius 1 is 1.12 bits per heavy atom. The van der Waals surface area contributed by atoms with E-state index in [1.165, 1.54) is 0 Å². The maximum atomic E-state index is 5.96. The smallest absolute Gasteiger partial charge is 0.190 e. The van der Waals surface area contributed by atoms with Crippen LogP contribution in [0.25, 0.3) is 0 Å². The summed E-state index contributed by atoms with van der Waals surface area (Å²) >= 11 is 29.1. The van der Waals surface area contributed by atoms with Crippen LogP contribution in [0.4, 0.5) is 0 Å². The normalized spacial score (nSPS) is 23.8. The van der Waals surface area contributed by atoms with Crippen LogP contribution in [0.5, 0.6) is 0 Å². The van der Waals surface area contributed by atoms with Gasteiger partial charge in [0.15, 0.2) is 3.79 Å². The topological polar surface area (TPSA) is 12.5 Å². The lowest BCUT2D eigenvalue weighted by Crippen LogP contribution is -2.13. The zero-order valence-electron chi connectivity index (χ0n) is 8.65. The van der Waals surface area contributed by atoms with Crippen LogP contribution < -0.4 is 0 Å². The van der Waals surface area contributed by atoms with Gasteiger partial charge in [0.25, 0.3) is 0 Å². The number of hydrogen-bond donors (Lipinski definition) is 0. The van der Waals surface area contributed by atoms with Crippen molar-refractivity contribution in [2.75, 3.05) is 6.61 Å². The molecule has 6 heteroatoms. The van der Waals surface area contributed by atoms with E-state index in [9.17, 15) is 0 Å². The summed E-state index contributed by atoms with van der Waals surface area (Å²) in [7, 11) is 0. The van der Waals surface area contributed by atoms with Crippen molar-refractivity contribution in [3.8, 4) is 0 Å². The van der Waals surface area contributed by atoms with E-state index in [2.05, 4.69) is 0 Å². The highest BCUT2D eigenvalue weighted by atomic mass is 35.6. The van der Waals surface area contributed by atoms with Crippen LogP contribution in [0.3, 0.4) is 0 Å². The Kier molecular flexibility index (Phi) is 4.10. The largest absolute Gasteiger partial charge is 0.364 e. The second kappa shape index (κ2) is 4.96. The summed E-state index contributed by atoms with van der Waals surface area (Å²) in [6.45, 7) is 0.602. The lowest BCUT2D eigenvalue weighted by molar-refractivity contribution is 0.289. The fourth-order valence-corrected chi connectivity index (χ4v) is 2.51. The van der Waals surface area contributed by atoms with Crippen LogP contribution in [-0.4, -0.2) is 10.4 Å². The Bertz CT molecular complexity index is 402. The number of benzene rings is 1. The molecule has 1 unspecified atom stereocenters. The summed E-state index contributed by atoms with van der Waals surface area (Å²) < 4.78 is 4.23. The molecule has 0 aliphatic carbocycles. The number of halogens is 5. The van der Waals surface area contributed by atoms with Crippen LogP contribution >= 0.6 is 58.0 Å². The van der Waals surface area contributed by atoms with Gasteiger partial charge in [-0.2, -0.15) is 0 Å². The van der Waals surface area contributed by atoms with Crippen LogP contribution in [0.2, 0.25) is 10.0 Å². The first-order valence-corrected chi connectivity index (χ1v) is 6.87. The summed E-state index contributed by atoms with van der Waals surface area (Å²) in [6, 6.07) is 5.34. The van der Waals surface area contributed by atoms with E-state index < -0.39 is 9.39 Å². The quantitative estimate of drug-likeness (QED) is 0.535. The summed E-state index contributed by atoms with van der Waals surface area (Å²) in [4.78, 5) is 0. The molecule has 1 saturated heterocycles. The molecule has 0 spiro atoms. The van der Waals surface area contributed by atoms with Gasteiger partial charge in [-0.1, -0.05) is 58.0 Å². The minimum atomic E-state index is -1.26. The molecule has 1 nitrogen and oxygen atoms in total. The average molecular weight is 334 g/mol. The highest BCUT2D eigenvalue weighted by molar-refractivity contribution is 6.67. The van der Waals surface area contributed by atoms with Gasteiger partial charge in [-0.3, -0.25) is 0 Å². The Morgan fingerprint density at radius 3 is 2.06 bits per heavy atom. The van der Waals surface area contributed by atoms with Gasteiger partial charge < -0.3 is 4.74 Å². The van der Waals surface area contributed by atoms with Crippen LogP contribution in [0.15, 0.2) is 18.2 Å². The molecule has 0 saturated carbocycles. The first-order chi connectivity index (χ1) is 7.81. The molecule has 1 fully saturated rings. The van der Waals surface area contributed by atoms with Crippen molar-refractivity contribution in [2.24, 2.45) is 0 Å². The van der Waals surface area contributed by atoms with Gasteiger partial charge in [0.05, 0.1) is 6.61 Å². The molecular formula is C11H9Cl5O. The number of ether oxygens (including phenoxy) is 1. The monoisotopic (exact) mass is 332 g/mol. The standard InChI is InChI=1S/C11H9Cl5O/c12-8-3-7(4-9(13)5-8)10(6-17-10)1-2-11(14,15)16/h3-5H,1-2,6H2. The number of hydrogen-bond acceptors (Lipinski definition) is 1. The van der Waals surface area contributed by atoms with Crippen LogP contribution in [-0.2, 0) is 10.3 Å². The Morgan fingerprint density at radius 2 is 1.65 bits per heavy atom. The van der Waals surface area contributed by atoms with Crippen molar-refractivity contribution in [1.82, 2.24) is 0 Å². The van der Waals surface area contributed by atoms with Crippen molar-refractivity contribution < 1.29 is 4.74 Å². The summed E-state index contributed by atoms with van der Waals surface area (Å²) in [5.74, 6) is 0. The molecule has 1 aromatic rings. The van der Waals surface area contributed by atoms with Crippen LogP contribution in [0, 0.1) is 0 Å². The summed E-state index contributed by atoms with van der Waals surface area (Å²) in [6.07, 6.45) is 1.04. The minimum absolute atomic E-state index is 0.390. The highest BCUT2D eigenvalue weighted by Gasteiger charge is 2.47. The molecule has 1 atom stereocenters. The molecule has 0 amide bonds. The zero-order chi connectivity index (χ0) is 12.7. The molecule has 0 N–H and O–H groups in total.